The largest absolute Gasteiger partial charge is 0.487 e. The molecule has 0 aliphatic heterocycles. The summed E-state index contributed by atoms with van der Waals surface area (Å²) in [5.41, 5.74) is 2.02. The molecule has 0 spiro atoms. The van der Waals surface area contributed by atoms with Crippen LogP contribution in [0.4, 0.5) is 5.69 Å². The van der Waals surface area contributed by atoms with Crippen LogP contribution >= 0.6 is 11.6 Å². The molecule has 0 amide bonds. The van der Waals surface area contributed by atoms with E-state index in [0.717, 1.165) is 9.87 Å². The van der Waals surface area contributed by atoms with Crippen molar-refractivity contribution in [3.63, 3.8) is 0 Å². The number of hydrogen-bond acceptors (Lipinski definition) is 7. The number of esters is 1. The van der Waals surface area contributed by atoms with Gasteiger partial charge in [-0.1, -0.05) is 23.7 Å². The Balaban J connectivity index is 1.99. The fourth-order valence-corrected chi connectivity index (χ4v) is 4.83. The lowest BCUT2D eigenvalue weighted by molar-refractivity contribution is 0.0600. The maximum Gasteiger partial charge on any atom is 0.337 e. The molecule has 8 nitrogen and oxygen atoms in total. The first-order chi connectivity index (χ1) is 16.1. The van der Waals surface area contributed by atoms with Gasteiger partial charge in [-0.3, -0.25) is 9.29 Å². The van der Waals surface area contributed by atoms with E-state index in [0.29, 0.717) is 16.1 Å². The topological polar surface area (TPSA) is 106 Å². The zero-order valence-electron chi connectivity index (χ0n) is 18.9. The quantitative estimate of drug-likeness (QED) is 0.439. The summed E-state index contributed by atoms with van der Waals surface area (Å²) in [5.74, 6) is -0.227. The average Bonchev–Trinajstić information content (AvgIpc) is 2.83. The van der Waals surface area contributed by atoms with E-state index >= 15 is 0 Å². The molecule has 0 fully saturated rings. The first-order valence-corrected chi connectivity index (χ1v) is 12.2. The Labute approximate surface area is 203 Å². The number of benzene rings is 2. The summed E-state index contributed by atoms with van der Waals surface area (Å²) in [6, 6.07) is 12.8. The number of carbonyl (C=O) groups is 1. The summed E-state index contributed by atoms with van der Waals surface area (Å²) in [6.07, 6.45) is 1.77. The van der Waals surface area contributed by atoms with Gasteiger partial charge in [-0.05, 0) is 55.3 Å². The Morgan fingerprint density at radius 2 is 1.91 bits per heavy atom. The van der Waals surface area contributed by atoms with Gasteiger partial charge in [0.15, 0.2) is 0 Å². The lowest BCUT2D eigenvalue weighted by Gasteiger charge is -2.28. The fraction of sp³-hybridized carbons (Fsp3) is 0.250. The maximum absolute atomic E-state index is 13.5. The van der Waals surface area contributed by atoms with E-state index in [9.17, 15) is 18.3 Å². The van der Waals surface area contributed by atoms with Crippen molar-refractivity contribution in [1.29, 1.82) is 0 Å². The summed E-state index contributed by atoms with van der Waals surface area (Å²) in [5, 5.41) is 10.5. The minimum atomic E-state index is -4.07. The van der Waals surface area contributed by atoms with Crippen LogP contribution in [0.15, 0.2) is 65.8 Å². The van der Waals surface area contributed by atoms with Crippen molar-refractivity contribution in [1.82, 2.24) is 4.98 Å². The Morgan fingerprint density at radius 1 is 1.21 bits per heavy atom. The van der Waals surface area contributed by atoms with Gasteiger partial charge in [0.2, 0.25) is 0 Å². The number of aromatic nitrogens is 1. The van der Waals surface area contributed by atoms with Crippen LogP contribution in [0.3, 0.4) is 0 Å². The minimum Gasteiger partial charge on any atom is -0.487 e. The monoisotopic (exact) mass is 504 g/mol. The number of hydrogen-bond donors (Lipinski definition) is 1. The van der Waals surface area contributed by atoms with Gasteiger partial charge in [0, 0.05) is 23.5 Å². The third kappa shape index (κ3) is 5.85. The number of halogens is 1. The Bertz CT molecular complexity index is 1250. The molecule has 10 heteroatoms. The van der Waals surface area contributed by atoms with Crippen LogP contribution in [0, 0.1) is 6.92 Å². The number of methoxy groups -OCH3 is 1. The first-order valence-electron chi connectivity index (χ1n) is 10.3. The standard InChI is InChI=1S/C24H25ClN2O6S/c1-16-11-22(27(14-17(2)28)34(30,31)20-5-4-10-26-13-20)23(12-21(16)25)33-15-18-6-8-19(9-7-18)24(29)32-3/h4-13,17,28H,14-15H2,1-3H3/t17-/m1/s1. The molecule has 0 unspecified atom stereocenters. The summed E-state index contributed by atoms with van der Waals surface area (Å²) in [4.78, 5) is 15.5. The molecular formula is C24H25ClN2O6S. The molecular weight excluding hydrogens is 480 g/mol. The van der Waals surface area contributed by atoms with Crippen molar-refractivity contribution in [3.8, 4) is 5.75 Å². The van der Waals surface area contributed by atoms with Gasteiger partial charge in [0.05, 0.1) is 31.0 Å². The van der Waals surface area contributed by atoms with E-state index in [1.54, 1.807) is 43.3 Å². The van der Waals surface area contributed by atoms with Crippen molar-refractivity contribution < 1.29 is 27.8 Å². The zero-order valence-corrected chi connectivity index (χ0v) is 20.5. The highest BCUT2D eigenvalue weighted by Crippen LogP contribution is 2.37. The predicted molar refractivity (Wildman–Crippen MR) is 129 cm³/mol. The number of aliphatic hydroxyl groups is 1. The number of nitrogens with zero attached hydrogens (tertiary/aromatic N) is 2. The molecule has 180 valence electrons. The molecule has 1 atom stereocenters. The predicted octanol–water partition coefficient (Wildman–Crippen LogP) is 3.99. The second-order valence-corrected chi connectivity index (χ2v) is 9.89. The van der Waals surface area contributed by atoms with Crippen LogP contribution in [0.25, 0.3) is 0 Å². The smallest absolute Gasteiger partial charge is 0.337 e. The summed E-state index contributed by atoms with van der Waals surface area (Å²) in [7, 11) is -2.76. The second kappa shape index (κ2) is 10.9. The summed E-state index contributed by atoms with van der Waals surface area (Å²) >= 11 is 6.32. The van der Waals surface area contributed by atoms with E-state index in [4.69, 9.17) is 21.1 Å². The maximum atomic E-state index is 13.5. The van der Waals surface area contributed by atoms with Crippen LogP contribution in [0.1, 0.15) is 28.4 Å². The van der Waals surface area contributed by atoms with Crippen molar-refractivity contribution in [2.45, 2.75) is 31.5 Å². The van der Waals surface area contributed by atoms with Gasteiger partial charge < -0.3 is 14.6 Å². The molecule has 0 aliphatic carbocycles. The molecule has 2 aromatic carbocycles. The first kappa shape index (κ1) is 25.5. The molecule has 0 saturated heterocycles. The highest BCUT2D eigenvalue weighted by atomic mass is 35.5. The Kier molecular flexibility index (Phi) is 8.14. The van der Waals surface area contributed by atoms with Crippen LogP contribution in [0.2, 0.25) is 5.02 Å². The Morgan fingerprint density at radius 3 is 2.50 bits per heavy atom. The van der Waals surface area contributed by atoms with E-state index in [1.807, 2.05) is 0 Å². The summed E-state index contributed by atoms with van der Waals surface area (Å²) in [6.45, 7) is 3.13. The van der Waals surface area contributed by atoms with E-state index in [-0.39, 0.29) is 29.5 Å². The fourth-order valence-electron chi connectivity index (χ4n) is 3.17. The number of aliphatic hydroxyl groups excluding tert-OH is 1. The highest BCUT2D eigenvalue weighted by molar-refractivity contribution is 7.92. The van der Waals surface area contributed by atoms with Gasteiger partial charge in [0.1, 0.15) is 17.3 Å². The molecule has 0 radical (unpaired) electrons. The molecule has 0 aliphatic rings. The zero-order chi connectivity index (χ0) is 24.9. The van der Waals surface area contributed by atoms with Crippen molar-refractivity contribution in [2.24, 2.45) is 0 Å². The normalized spacial score (nSPS) is 12.1. The lowest BCUT2D eigenvalue weighted by atomic mass is 10.1. The number of sulfonamides is 1. The van der Waals surface area contributed by atoms with E-state index in [2.05, 4.69) is 4.98 Å². The van der Waals surface area contributed by atoms with Crippen molar-refractivity contribution >= 4 is 33.3 Å². The number of rotatable bonds is 9. The van der Waals surface area contributed by atoms with Gasteiger partial charge >= 0.3 is 5.97 Å². The minimum absolute atomic E-state index is 0.0207. The molecule has 3 aromatic rings. The van der Waals surface area contributed by atoms with Gasteiger partial charge in [0.25, 0.3) is 10.0 Å². The third-order valence-electron chi connectivity index (χ3n) is 4.93. The third-order valence-corrected chi connectivity index (χ3v) is 7.10. The van der Waals surface area contributed by atoms with Crippen LogP contribution in [-0.2, 0) is 21.4 Å². The molecule has 1 heterocycles. The van der Waals surface area contributed by atoms with Gasteiger partial charge in [-0.15, -0.1) is 0 Å². The second-order valence-electron chi connectivity index (χ2n) is 7.62. The summed E-state index contributed by atoms with van der Waals surface area (Å²) < 4.78 is 38.7. The molecule has 3 rings (SSSR count). The number of anilines is 1. The van der Waals surface area contributed by atoms with Gasteiger partial charge in [-0.2, -0.15) is 0 Å². The van der Waals surface area contributed by atoms with Crippen LogP contribution in [-0.4, -0.2) is 44.2 Å². The average molecular weight is 505 g/mol. The molecule has 1 aromatic heterocycles. The lowest BCUT2D eigenvalue weighted by Crippen LogP contribution is -2.37. The number of ether oxygens (including phenoxy) is 2. The van der Waals surface area contributed by atoms with Crippen molar-refractivity contribution in [3.05, 3.63) is 82.6 Å². The number of carbonyl (C=O) groups excluding carboxylic acids is 1. The highest BCUT2D eigenvalue weighted by Gasteiger charge is 2.29. The van der Waals surface area contributed by atoms with Gasteiger partial charge in [-0.25, -0.2) is 13.2 Å². The number of aryl methyl sites for hydroxylation is 1. The number of pyridine rings is 1. The van der Waals surface area contributed by atoms with Crippen molar-refractivity contribution in [2.75, 3.05) is 18.0 Å². The van der Waals surface area contributed by atoms with Crippen LogP contribution < -0.4 is 9.04 Å². The molecule has 0 saturated carbocycles. The van der Waals surface area contributed by atoms with E-state index < -0.39 is 22.1 Å². The molecule has 0 bridgehead atoms. The van der Waals surface area contributed by atoms with E-state index in [1.165, 1.54) is 38.6 Å². The SMILES string of the molecule is COC(=O)c1ccc(COc2cc(Cl)c(C)cc2N(C[C@@H](C)O)S(=O)(=O)c2cccnc2)cc1. The molecule has 34 heavy (non-hydrogen) atoms. The molecule has 1 N–H and O–H groups in total. The Hall–Kier alpha value is -3.14. The van der Waals surface area contributed by atoms with Crippen LogP contribution in [0.5, 0.6) is 5.75 Å².